The molecule has 0 aliphatic rings. The molecule has 128 valence electrons. The van der Waals surface area contributed by atoms with Gasteiger partial charge < -0.3 is 9.67 Å². The number of aliphatic hydroxyl groups is 1. The maximum Gasteiger partial charge on any atom is 0.332 e. The van der Waals surface area contributed by atoms with Crippen molar-refractivity contribution in [2.24, 2.45) is 14.1 Å². The molecule has 0 aliphatic heterocycles. The molecule has 0 fully saturated rings. The van der Waals surface area contributed by atoms with E-state index in [2.05, 4.69) is 4.98 Å². The highest BCUT2D eigenvalue weighted by Gasteiger charge is 2.20. The van der Waals surface area contributed by atoms with Gasteiger partial charge >= 0.3 is 5.69 Å². The third kappa shape index (κ3) is 2.07. The molecule has 0 radical (unpaired) electrons. The van der Waals surface area contributed by atoms with Gasteiger partial charge in [0.05, 0.1) is 12.3 Å². The van der Waals surface area contributed by atoms with Crippen LogP contribution in [0.4, 0.5) is 0 Å². The first-order valence-electron chi connectivity index (χ1n) is 7.88. The average Bonchev–Trinajstić information content (AvgIpc) is 3.16. The lowest BCUT2D eigenvalue weighted by Gasteiger charge is -2.07. The van der Waals surface area contributed by atoms with Crippen molar-refractivity contribution in [3.05, 3.63) is 57.4 Å². The molecule has 3 heterocycles. The summed E-state index contributed by atoms with van der Waals surface area (Å²) in [6, 6.07) is 9.69. The standard InChI is InChI=1S/C17H17N5O3/c1-19-14-13(15(24)20(2)17(19)25)22-10-12(11-6-4-3-5-7-11)21(8-9-23)16(22)18-14/h3-7,10,23H,8-9H2,1-2H3. The van der Waals surface area contributed by atoms with E-state index in [1.165, 1.54) is 11.6 Å². The summed E-state index contributed by atoms with van der Waals surface area (Å²) in [4.78, 5) is 29.3. The molecule has 8 heteroatoms. The summed E-state index contributed by atoms with van der Waals surface area (Å²) in [7, 11) is 3.04. The normalized spacial score (nSPS) is 11.6. The zero-order valence-corrected chi connectivity index (χ0v) is 13.9. The topological polar surface area (TPSA) is 86.5 Å². The molecule has 0 saturated carbocycles. The second-order valence-electron chi connectivity index (χ2n) is 5.92. The van der Waals surface area contributed by atoms with Crippen molar-refractivity contribution in [1.29, 1.82) is 0 Å². The number of aryl methyl sites for hydroxylation is 1. The van der Waals surface area contributed by atoms with E-state index in [9.17, 15) is 14.7 Å². The van der Waals surface area contributed by atoms with Gasteiger partial charge in [0.1, 0.15) is 0 Å². The Bertz CT molecular complexity index is 1210. The quantitative estimate of drug-likeness (QED) is 0.583. The second kappa shape index (κ2) is 5.45. The van der Waals surface area contributed by atoms with Crippen molar-refractivity contribution >= 4 is 16.9 Å². The fourth-order valence-electron chi connectivity index (χ4n) is 3.18. The Morgan fingerprint density at radius 3 is 2.48 bits per heavy atom. The Morgan fingerprint density at radius 1 is 1.08 bits per heavy atom. The largest absolute Gasteiger partial charge is 0.395 e. The molecule has 3 aromatic heterocycles. The van der Waals surface area contributed by atoms with Gasteiger partial charge in [0.25, 0.3) is 5.56 Å². The molecule has 25 heavy (non-hydrogen) atoms. The fraction of sp³-hybridized carbons (Fsp3) is 0.235. The summed E-state index contributed by atoms with van der Waals surface area (Å²) in [5, 5.41) is 9.46. The van der Waals surface area contributed by atoms with Crippen molar-refractivity contribution in [3.63, 3.8) is 0 Å². The molecule has 0 spiro atoms. The summed E-state index contributed by atoms with van der Waals surface area (Å²) < 4.78 is 5.96. The van der Waals surface area contributed by atoms with Gasteiger partial charge in [-0.3, -0.25) is 18.3 Å². The Balaban J connectivity index is 2.17. The van der Waals surface area contributed by atoms with Gasteiger partial charge in [0, 0.05) is 26.8 Å². The molecule has 0 aliphatic carbocycles. The minimum atomic E-state index is -0.421. The van der Waals surface area contributed by atoms with E-state index in [-0.39, 0.29) is 6.61 Å². The molecule has 4 rings (SSSR count). The number of rotatable bonds is 3. The number of nitrogens with zero attached hydrogens (tertiary/aromatic N) is 5. The molecule has 0 unspecified atom stereocenters. The number of fused-ring (bicyclic) bond motifs is 3. The second-order valence-corrected chi connectivity index (χ2v) is 5.92. The highest BCUT2D eigenvalue weighted by Crippen LogP contribution is 2.24. The van der Waals surface area contributed by atoms with Crippen LogP contribution < -0.4 is 11.2 Å². The van der Waals surface area contributed by atoms with Crippen LogP contribution in [-0.4, -0.2) is 34.8 Å². The predicted octanol–water partition coefficient (Wildman–Crippen LogP) is 0.346. The molecule has 1 aromatic carbocycles. The first kappa shape index (κ1) is 15.4. The SMILES string of the molecule is Cn1c(=O)c2c(nc3n(CCO)c(-c4ccccc4)cn23)n(C)c1=O. The molecule has 0 bridgehead atoms. The monoisotopic (exact) mass is 339 g/mol. The van der Waals surface area contributed by atoms with E-state index in [0.717, 1.165) is 15.8 Å². The van der Waals surface area contributed by atoms with Crippen LogP contribution in [0.3, 0.4) is 0 Å². The Morgan fingerprint density at radius 2 is 1.80 bits per heavy atom. The Labute approximate surface area is 141 Å². The Hall–Kier alpha value is -3.13. The summed E-state index contributed by atoms with van der Waals surface area (Å²) in [5.41, 5.74) is 1.65. The lowest BCUT2D eigenvalue weighted by molar-refractivity contribution is 0.278. The van der Waals surface area contributed by atoms with Gasteiger partial charge in [-0.1, -0.05) is 30.3 Å². The van der Waals surface area contributed by atoms with Gasteiger partial charge in [-0.2, -0.15) is 4.98 Å². The smallest absolute Gasteiger partial charge is 0.332 e. The first-order chi connectivity index (χ1) is 12.0. The van der Waals surface area contributed by atoms with Crippen molar-refractivity contribution in [3.8, 4) is 11.3 Å². The van der Waals surface area contributed by atoms with E-state index < -0.39 is 11.2 Å². The molecule has 0 amide bonds. The van der Waals surface area contributed by atoms with Crippen LogP contribution in [0.1, 0.15) is 0 Å². The highest BCUT2D eigenvalue weighted by molar-refractivity contribution is 5.78. The molecule has 0 saturated heterocycles. The molecule has 0 atom stereocenters. The van der Waals surface area contributed by atoms with E-state index in [1.54, 1.807) is 11.4 Å². The van der Waals surface area contributed by atoms with Gasteiger partial charge in [0.2, 0.25) is 5.78 Å². The zero-order valence-electron chi connectivity index (χ0n) is 13.9. The first-order valence-corrected chi connectivity index (χ1v) is 7.88. The van der Waals surface area contributed by atoms with Crippen LogP contribution in [0.2, 0.25) is 0 Å². The van der Waals surface area contributed by atoms with E-state index in [1.807, 2.05) is 41.1 Å². The molecule has 8 nitrogen and oxygen atoms in total. The van der Waals surface area contributed by atoms with Crippen molar-refractivity contribution < 1.29 is 5.11 Å². The molecule has 1 N–H and O–H groups in total. The minimum absolute atomic E-state index is 0.0652. The Kier molecular flexibility index (Phi) is 3.36. The number of hydrogen-bond donors (Lipinski definition) is 1. The van der Waals surface area contributed by atoms with Crippen LogP contribution in [0, 0.1) is 0 Å². The number of benzene rings is 1. The number of aromatic nitrogens is 5. The summed E-state index contributed by atoms with van der Waals surface area (Å²) >= 11 is 0. The van der Waals surface area contributed by atoms with Crippen LogP contribution >= 0.6 is 0 Å². The highest BCUT2D eigenvalue weighted by atomic mass is 16.3. The fourth-order valence-corrected chi connectivity index (χ4v) is 3.18. The van der Waals surface area contributed by atoms with Crippen LogP contribution in [-0.2, 0) is 20.6 Å². The third-order valence-corrected chi connectivity index (χ3v) is 4.45. The van der Waals surface area contributed by atoms with Crippen LogP contribution in [0.25, 0.3) is 28.2 Å². The number of imidazole rings is 2. The summed E-state index contributed by atoms with van der Waals surface area (Å²) in [5.74, 6) is 0.515. The number of aliphatic hydroxyl groups excluding tert-OH is 1. The van der Waals surface area contributed by atoms with Gasteiger partial charge in [-0.05, 0) is 5.56 Å². The minimum Gasteiger partial charge on any atom is -0.395 e. The van der Waals surface area contributed by atoms with Crippen LogP contribution in [0.15, 0.2) is 46.1 Å². The molecular weight excluding hydrogens is 322 g/mol. The van der Waals surface area contributed by atoms with Gasteiger partial charge in [-0.15, -0.1) is 0 Å². The van der Waals surface area contributed by atoms with Gasteiger partial charge in [-0.25, -0.2) is 4.79 Å². The third-order valence-electron chi connectivity index (χ3n) is 4.45. The zero-order chi connectivity index (χ0) is 17.7. The molecule has 4 aromatic rings. The van der Waals surface area contributed by atoms with E-state index in [0.29, 0.717) is 23.5 Å². The van der Waals surface area contributed by atoms with Crippen molar-refractivity contribution in [2.75, 3.05) is 6.61 Å². The number of hydrogen-bond acceptors (Lipinski definition) is 4. The predicted molar refractivity (Wildman–Crippen MR) is 93.7 cm³/mol. The average molecular weight is 339 g/mol. The maximum atomic E-state index is 12.6. The van der Waals surface area contributed by atoms with E-state index >= 15 is 0 Å². The lowest BCUT2D eigenvalue weighted by Crippen LogP contribution is -2.37. The van der Waals surface area contributed by atoms with E-state index in [4.69, 9.17) is 0 Å². The van der Waals surface area contributed by atoms with Crippen molar-refractivity contribution in [1.82, 2.24) is 23.1 Å². The van der Waals surface area contributed by atoms with Crippen LogP contribution in [0.5, 0.6) is 0 Å². The molecular formula is C17H17N5O3. The lowest BCUT2D eigenvalue weighted by atomic mass is 10.2. The summed E-state index contributed by atoms with van der Waals surface area (Å²) in [6.07, 6.45) is 1.82. The van der Waals surface area contributed by atoms with Crippen molar-refractivity contribution in [2.45, 2.75) is 6.54 Å². The maximum absolute atomic E-state index is 12.6. The summed E-state index contributed by atoms with van der Waals surface area (Å²) in [6.45, 7) is 0.266. The van der Waals surface area contributed by atoms with Gasteiger partial charge in [0.15, 0.2) is 11.2 Å².